The van der Waals surface area contributed by atoms with Crippen molar-refractivity contribution < 1.29 is 9.90 Å². The summed E-state index contributed by atoms with van der Waals surface area (Å²) < 4.78 is 1.44. The summed E-state index contributed by atoms with van der Waals surface area (Å²) in [6.07, 6.45) is 1.08. The van der Waals surface area contributed by atoms with Gasteiger partial charge in [-0.3, -0.25) is 4.79 Å². The molecule has 12 heavy (non-hydrogen) atoms. The van der Waals surface area contributed by atoms with Crippen molar-refractivity contribution in [1.29, 1.82) is 0 Å². The van der Waals surface area contributed by atoms with Crippen molar-refractivity contribution in [3.05, 3.63) is 0 Å². The topological polar surface area (TPSA) is 40.5 Å². The van der Waals surface area contributed by atoms with Gasteiger partial charge in [0.2, 0.25) is 0 Å². The Bertz CT molecular complexity index is 141. The van der Waals surface area contributed by atoms with Crippen LogP contribution in [0.4, 0.5) is 0 Å². The summed E-state index contributed by atoms with van der Waals surface area (Å²) in [5, 5.41) is 8.74. The van der Waals surface area contributed by atoms with Crippen LogP contribution in [0.2, 0.25) is 0 Å². The molecule has 1 atom stereocenters. The Hall–Kier alpha value is 0.130. The molecule has 0 aromatic carbocycles. The SMILES string of the molecule is CCCSC[C@@H](C(=O)O)N(C)S. The van der Waals surface area contributed by atoms with Crippen LogP contribution in [0.15, 0.2) is 0 Å². The molecule has 0 heterocycles. The van der Waals surface area contributed by atoms with E-state index in [1.807, 2.05) is 0 Å². The van der Waals surface area contributed by atoms with Gasteiger partial charge in [-0.2, -0.15) is 11.8 Å². The molecule has 0 saturated heterocycles. The molecule has 0 aromatic heterocycles. The van der Waals surface area contributed by atoms with Crippen molar-refractivity contribution in [3.63, 3.8) is 0 Å². The number of thiol groups is 1. The number of likely N-dealkylation sites (N-methyl/N-ethyl adjacent to an activating group) is 1. The molecular formula is C7H15NO2S2. The number of aliphatic carboxylic acids is 1. The van der Waals surface area contributed by atoms with Crippen molar-refractivity contribution in [3.8, 4) is 0 Å². The highest BCUT2D eigenvalue weighted by Crippen LogP contribution is 2.10. The average Bonchev–Trinajstić information content (AvgIpc) is 1.96. The molecule has 0 aromatic rings. The van der Waals surface area contributed by atoms with Crippen LogP contribution in [0, 0.1) is 0 Å². The van der Waals surface area contributed by atoms with Crippen LogP contribution < -0.4 is 0 Å². The zero-order valence-electron chi connectivity index (χ0n) is 7.36. The third kappa shape index (κ3) is 4.90. The van der Waals surface area contributed by atoms with Crippen molar-refractivity contribution in [2.75, 3.05) is 18.6 Å². The molecule has 0 aliphatic rings. The lowest BCUT2D eigenvalue weighted by molar-refractivity contribution is -0.140. The van der Waals surface area contributed by atoms with E-state index in [4.69, 9.17) is 5.11 Å². The van der Waals surface area contributed by atoms with Crippen LogP contribution in [-0.2, 0) is 4.79 Å². The minimum absolute atomic E-state index is 0.482. The second-order valence-corrected chi connectivity index (χ2v) is 4.28. The minimum atomic E-state index is -0.809. The number of carboxylic acids is 1. The monoisotopic (exact) mass is 209 g/mol. The molecular weight excluding hydrogens is 194 g/mol. The molecule has 0 radical (unpaired) electrons. The van der Waals surface area contributed by atoms with Crippen molar-refractivity contribution >= 4 is 30.5 Å². The fourth-order valence-electron chi connectivity index (χ4n) is 0.678. The number of carboxylic acid groups (broad SMARTS) is 1. The predicted octanol–water partition coefficient (Wildman–Crippen LogP) is 1.36. The molecule has 0 saturated carbocycles. The summed E-state index contributed by atoms with van der Waals surface area (Å²) in [5.41, 5.74) is 0. The van der Waals surface area contributed by atoms with Gasteiger partial charge in [0.25, 0.3) is 0 Å². The molecule has 0 spiro atoms. The van der Waals surface area contributed by atoms with E-state index in [9.17, 15) is 4.79 Å². The van der Waals surface area contributed by atoms with Crippen LogP contribution in [0.1, 0.15) is 13.3 Å². The zero-order chi connectivity index (χ0) is 9.56. The minimum Gasteiger partial charge on any atom is -0.480 e. The molecule has 5 heteroatoms. The third-order valence-electron chi connectivity index (χ3n) is 1.36. The van der Waals surface area contributed by atoms with Gasteiger partial charge in [0.05, 0.1) is 0 Å². The van der Waals surface area contributed by atoms with Crippen LogP contribution in [0.3, 0.4) is 0 Å². The summed E-state index contributed by atoms with van der Waals surface area (Å²) in [6.45, 7) is 2.08. The molecule has 1 N–H and O–H groups in total. The largest absolute Gasteiger partial charge is 0.480 e. The Labute approximate surface area is 83.1 Å². The normalized spacial score (nSPS) is 13.3. The summed E-state index contributed by atoms with van der Waals surface area (Å²) in [4.78, 5) is 10.6. The average molecular weight is 209 g/mol. The van der Waals surface area contributed by atoms with E-state index in [1.54, 1.807) is 18.8 Å². The summed E-state index contributed by atoms with van der Waals surface area (Å²) in [6, 6.07) is -0.482. The highest BCUT2D eigenvalue weighted by molar-refractivity contribution is 7.99. The second kappa shape index (κ2) is 6.62. The molecule has 0 aliphatic carbocycles. The van der Waals surface area contributed by atoms with Crippen molar-refractivity contribution in [1.82, 2.24) is 4.31 Å². The fraction of sp³-hybridized carbons (Fsp3) is 0.857. The van der Waals surface area contributed by atoms with E-state index < -0.39 is 12.0 Å². The summed E-state index contributed by atoms with van der Waals surface area (Å²) >= 11 is 5.62. The first-order valence-corrected chi connectivity index (χ1v) is 5.37. The van der Waals surface area contributed by atoms with Gasteiger partial charge < -0.3 is 5.11 Å². The maximum Gasteiger partial charge on any atom is 0.322 e. The predicted molar refractivity (Wildman–Crippen MR) is 55.8 cm³/mol. The Morgan fingerprint density at radius 3 is 2.67 bits per heavy atom. The number of hydrogen-bond acceptors (Lipinski definition) is 4. The number of nitrogens with zero attached hydrogens (tertiary/aromatic N) is 1. The summed E-state index contributed by atoms with van der Waals surface area (Å²) in [5.74, 6) is 0.797. The fourth-order valence-corrected chi connectivity index (χ4v) is 2.01. The highest BCUT2D eigenvalue weighted by atomic mass is 32.2. The molecule has 0 aliphatic heterocycles. The van der Waals surface area contributed by atoms with E-state index in [0.717, 1.165) is 12.2 Å². The lowest BCUT2D eigenvalue weighted by Crippen LogP contribution is -2.34. The number of thioether (sulfide) groups is 1. The van der Waals surface area contributed by atoms with Crippen LogP contribution in [0.25, 0.3) is 0 Å². The Morgan fingerprint density at radius 2 is 2.33 bits per heavy atom. The van der Waals surface area contributed by atoms with E-state index in [1.165, 1.54) is 4.31 Å². The van der Waals surface area contributed by atoms with Crippen molar-refractivity contribution in [2.24, 2.45) is 0 Å². The molecule has 0 amide bonds. The molecule has 0 rings (SSSR count). The first kappa shape index (κ1) is 12.1. The Kier molecular flexibility index (Phi) is 6.70. The first-order chi connectivity index (χ1) is 5.59. The lowest BCUT2D eigenvalue weighted by Gasteiger charge is -2.17. The quantitative estimate of drug-likeness (QED) is 0.512. The van der Waals surface area contributed by atoms with Gasteiger partial charge in [0.1, 0.15) is 6.04 Å². The lowest BCUT2D eigenvalue weighted by atomic mass is 10.3. The maximum absolute atomic E-state index is 10.6. The van der Waals surface area contributed by atoms with Gasteiger partial charge in [-0.25, -0.2) is 4.31 Å². The standard InChI is InChI=1S/C7H15NO2S2/c1-3-4-12-5-6(7(9)10)8(2)11/h6,11H,3-5H2,1-2H3,(H,9,10)/t6-/m0/s1. The smallest absolute Gasteiger partial charge is 0.322 e. The van der Waals surface area contributed by atoms with Crippen LogP contribution in [0.5, 0.6) is 0 Å². The Balaban J connectivity index is 3.72. The Morgan fingerprint density at radius 1 is 1.75 bits per heavy atom. The molecule has 0 fully saturated rings. The number of carbonyl (C=O) groups is 1. The van der Waals surface area contributed by atoms with Gasteiger partial charge >= 0.3 is 5.97 Å². The second-order valence-electron chi connectivity index (χ2n) is 2.50. The number of rotatable bonds is 6. The molecule has 0 bridgehead atoms. The van der Waals surface area contributed by atoms with E-state index >= 15 is 0 Å². The maximum atomic E-state index is 10.6. The van der Waals surface area contributed by atoms with Gasteiger partial charge in [-0.1, -0.05) is 19.7 Å². The highest BCUT2D eigenvalue weighted by Gasteiger charge is 2.19. The van der Waals surface area contributed by atoms with E-state index in [-0.39, 0.29) is 0 Å². The zero-order valence-corrected chi connectivity index (χ0v) is 9.07. The summed E-state index contributed by atoms with van der Waals surface area (Å²) in [7, 11) is 1.66. The van der Waals surface area contributed by atoms with Crippen LogP contribution >= 0.6 is 24.6 Å². The first-order valence-electron chi connectivity index (χ1n) is 3.81. The number of hydrogen-bond donors (Lipinski definition) is 2. The molecule has 0 unspecified atom stereocenters. The third-order valence-corrected chi connectivity index (χ3v) is 2.89. The molecule has 72 valence electrons. The van der Waals surface area contributed by atoms with Gasteiger partial charge in [0, 0.05) is 5.75 Å². The van der Waals surface area contributed by atoms with Crippen LogP contribution in [-0.4, -0.2) is 40.0 Å². The van der Waals surface area contributed by atoms with Gasteiger partial charge in [-0.15, -0.1) is 0 Å². The van der Waals surface area contributed by atoms with E-state index in [2.05, 4.69) is 19.7 Å². The molecule has 3 nitrogen and oxygen atoms in total. The van der Waals surface area contributed by atoms with E-state index in [0.29, 0.717) is 5.75 Å². The van der Waals surface area contributed by atoms with Crippen molar-refractivity contribution in [2.45, 2.75) is 19.4 Å². The van der Waals surface area contributed by atoms with Gasteiger partial charge in [-0.05, 0) is 19.2 Å². The van der Waals surface area contributed by atoms with Gasteiger partial charge in [0.15, 0.2) is 0 Å².